The minimum Gasteiger partial charge on any atom is -0.380 e. The van der Waals surface area contributed by atoms with Gasteiger partial charge in [-0.15, -0.1) is 0 Å². The highest BCUT2D eigenvalue weighted by Crippen LogP contribution is 3.00. The van der Waals surface area contributed by atoms with E-state index in [2.05, 4.69) is 114 Å². The molecule has 0 amide bonds. The van der Waals surface area contributed by atoms with E-state index >= 15 is 0 Å². The van der Waals surface area contributed by atoms with Crippen molar-refractivity contribution in [2.45, 2.75) is 52.4 Å². The smallest absolute Gasteiger partial charge is 0.0548 e. The number of ether oxygens (including phenoxy) is 2. The second-order valence-electron chi connectivity index (χ2n) is 14.2. The summed E-state index contributed by atoms with van der Waals surface area (Å²) < 4.78 is 13.0. The maximum Gasteiger partial charge on any atom is 0.0548 e. The van der Waals surface area contributed by atoms with Crippen LogP contribution >= 0.6 is 0 Å². The van der Waals surface area contributed by atoms with E-state index in [1.54, 1.807) is 11.1 Å². The van der Waals surface area contributed by atoms with Crippen molar-refractivity contribution in [1.82, 2.24) is 0 Å². The molecule has 188 valence electrons. The zero-order valence-electron chi connectivity index (χ0n) is 22.7. The fraction of sp³-hybridized carbons (Fsp3) is 0.529. The van der Waals surface area contributed by atoms with Crippen molar-refractivity contribution in [3.8, 4) is 0 Å². The first-order chi connectivity index (χ1) is 17.1. The van der Waals surface area contributed by atoms with Crippen molar-refractivity contribution < 1.29 is 9.47 Å². The van der Waals surface area contributed by atoms with E-state index in [1.807, 2.05) is 0 Å². The van der Waals surface area contributed by atoms with Crippen LogP contribution in [0.5, 0.6) is 0 Å². The molecule has 2 nitrogen and oxygen atoms in total. The predicted molar refractivity (Wildman–Crippen MR) is 145 cm³/mol. The number of allylic oxidation sites excluding steroid dienone is 2. The minimum atomic E-state index is -0.113. The second-order valence-corrected chi connectivity index (χ2v) is 14.2. The summed E-state index contributed by atoms with van der Waals surface area (Å²) in [5.41, 5.74) is 6.25. The van der Waals surface area contributed by atoms with Gasteiger partial charge in [0.25, 0.3) is 0 Å². The maximum atomic E-state index is 6.50. The zero-order valence-corrected chi connectivity index (χ0v) is 22.7. The Morgan fingerprint density at radius 3 is 1.31 bits per heavy atom. The molecule has 0 N–H and O–H groups in total. The van der Waals surface area contributed by atoms with Crippen LogP contribution < -0.4 is 0 Å². The molecule has 2 spiro atoms. The molecule has 2 aromatic rings. The van der Waals surface area contributed by atoms with Gasteiger partial charge in [0, 0.05) is 33.5 Å². The first-order valence-corrected chi connectivity index (χ1v) is 13.8. The lowest BCUT2D eigenvalue weighted by Crippen LogP contribution is -2.98. The normalized spacial score (nSPS) is 42.6. The molecule has 0 aromatic heterocycles. The topological polar surface area (TPSA) is 18.5 Å². The SMILES string of the molecule is CC(C)(C)C=C1[C@H]2COC[C@@]23[C@]1(c1ccccc1)[C@]1(c2ccccc2)C(=CC(C)(C)C)[C@H]2COC[C@]213. The number of hydrogen-bond donors (Lipinski definition) is 0. The van der Waals surface area contributed by atoms with Gasteiger partial charge in [0.15, 0.2) is 0 Å². The molecule has 6 atom stereocenters. The average molecular weight is 481 g/mol. The van der Waals surface area contributed by atoms with Crippen LogP contribution in [0, 0.1) is 33.5 Å². The first-order valence-electron chi connectivity index (χ1n) is 13.8. The lowest BCUT2D eigenvalue weighted by Gasteiger charge is -2.95. The molecule has 0 radical (unpaired) electrons. The fourth-order valence-corrected chi connectivity index (χ4v) is 10.1. The van der Waals surface area contributed by atoms with Gasteiger partial charge in [-0.3, -0.25) is 0 Å². The molecular formula is C34H40O2. The van der Waals surface area contributed by atoms with Crippen molar-refractivity contribution in [3.05, 3.63) is 95.1 Å². The first kappa shape index (κ1) is 23.0. The van der Waals surface area contributed by atoms with E-state index in [0.717, 1.165) is 26.4 Å². The molecular weight excluding hydrogens is 440 g/mol. The lowest BCUT2D eigenvalue weighted by atomic mass is 9.05. The van der Waals surface area contributed by atoms with Gasteiger partial charge in [-0.05, 0) is 22.0 Å². The molecule has 7 rings (SSSR count). The van der Waals surface area contributed by atoms with Gasteiger partial charge in [-0.1, -0.05) is 126 Å². The van der Waals surface area contributed by atoms with Gasteiger partial charge >= 0.3 is 0 Å². The van der Waals surface area contributed by atoms with Crippen LogP contribution in [0.25, 0.3) is 0 Å². The summed E-state index contributed by atoms with van der Waals surface area (Å²) in [5.74, 6) is 0.934. The van der Waals surface area contributed by atoms with Crippen LogP contribution in [0.4, 0.5) is 0 Å². The Balaban J connectivity index is 1.64. The molecule has 0 unspecified atom stereocenters. The Labute approximate surface area is 216 Å². The third-order valence-electron chi connectivity index (χ3n) is 10.3. The van der Waals surface area contributed by atoms with E-state index in [9.17, 15) is 0 Å². The Bertz CT molecular complexity index is 1170. The van der Waals surface area contributed by atoms with Crippen molar-refractivity contribution in [1.29, 1.82) is 0 Å². The third-order valence-corrected chi connectivity index (χ3v) is 10.3. The Morgan fingerprint density at radius 2 is 0.972 bits per heavy atom. The van der Waals surface area contributed by atoms with Crippen molar-refractivity contribution in [2.75, 3.05) is 26.4 Å². The number of rotatable bonds is 2. The molecule has 5 fully saturated rings. The molecule has 2 heteroatoms. The molecule has 2 aromatic carbocycles. The molecule has 36 heavy (non-hydrogen) atoms. The standard InChI is InChI=1S/C34H40O2/c1-29(2,3)17-25-27-19-35-21-31(27)32-22-36-20-28(32)26(18-30(4,5)6)34(32,24-15-11-8-12-16-24)33(25,31)23-13-9-7-10-14-23/h7-18,27-28H,19-22H2,1-6H3/t27-,28-,31-,32-,33-,34-/m1/s1. The summed E-state index contributed by atoms with van der Waals surface area (Å²) in [7, 11) is 0. The van der Waals surface area contributed by atoms with E-state index in [-0.39, 0.29) is 32.5 Å². The van der Waals surface area contributed by atoms with Crippen molar-refractivity contribution in [3.63, 3.8) is 0 Å². The van der Waals surface area contributed by atoms with Crippen LogP contribution in [-0.4, -0.2) is 26.4 Å². The predicted octanol–water partition coefficient (Wildman–Crippen LogP) is 7.11. The van der Waals surface area contributed by atoms with Gasteiger partial charge in [0.1, 0.15) is 0 Å². The summed E-state index contributed by atoms with van der Waals surface area (Å²) in [5, 5.41) is 0. The summed E-state index contributed by atoms with van der Waals surface area (Å²) in [4.78, 5) is 0. The highest BCUT2D eigenvalue weighted by Gasteiger charge is 3.03. The molecule has 3 aliphatic carbocycles. The number of hydrogen-bond acceptors (Lipinski definition) is 2. The van der Waals surface area contributed by atoms with E-state index in [4.69, 9.17) is 9.47 Å². The minimum absolute atomic E-state index is 0.0741. The van der Waals surface area contributed by atoms with Crippen LogP contribution in [0.1, 0.15) is 52.7 Å². The Morgan fingerprint density at radius 1 is 0.611 bits per heavy atom. The average Bonchev–Trinajstić information content (AvgIpc) is 3.43. The second kappa shape index (κ2) is 6.83. The molecule has 2 heterocycles. The van der Waals surface area contributed by atoms with E-state index in [0.29, 0.717) is 11.8 Å². The van der Waals surface area contributed by atoms with E-state index < -0.39 is 0 Å². The van der Waals surface area contributed by atoms with Crippen molar-refractivity contribution >= 4 is 0 Å². The summed E-state index contributed by atoms with van der Waals surface area (Å²) in [6.07, 6.45) is 5.24. The largest absolute Gasteiger partial charge is 0.380 e. The van der Waals surface area contributed by atoms with Crippen LogP contribution in [0.2, 0.25) is 0 Å². The number of benzene rings is 2. The molecule has 2 aliphatic heterocycles. The van der Waals surface area contributed by atoms with Crippen LogP contribution in [-0.2, 0) is 20.3 Å². The molecule has 0 bridgehead atoms. The Kier molecular flexibility index (Phi) is 4.36. The third kappa shape index (κ3) is 2.18. The van der Waals surface area contributed by atoms with Gasteiger partial charge < -0.3 is 9.47 Å². The van der Waals surface area contributed by atoms with E-state index in [1.165, 1.54) is 11.1 Å². The quantitative estimate of drug-likeness (QED) is 0.426. The van der Waals surface area contributed by atoms with Gasteiger partial charge in [0.05, 0.1) is 26.4 Å². The fourth-order valence-electron chi connectivity index (χ4n) is 10.1. The van der Waals surface area contributed by atoms with Gasteiger partial charge in [0.2, 0.25) is 0 Å². The highest BCUT2D eigenvalue weighted by molar-refractivity contribution is 5.78. The maximum absolute atomic E-state index is 6.50. The molecule has 3 saturated carbocycles. The molecule has 2 saturated heterocycles. The highest BCUT2D eigenvalue weighted by atomic mass is 16.5. The summed E-state index contributed by atoms with van der Waals surface area (Å²) in [6, 6.07) is 22.9. The zero-order chi connectivity index (χ0) is 25.2. The number of fused-ring (bicyclic) bond motifs is 1. The Hall–Kier alpha value is -2.16. The monoisotopic (exact) mass is 480 g/mol. The lowest BCUT2D eigenvalue weighted by molar-refractivity contribution is -0.334. The molecule has 5 aliphatic rings. The van der Waals surface area contributed by atoms with Gasteiger partial charge in [-0.2, -0.15) is 0 Å². The summed E-state index contributed by atoms with van der Waals surface area (Å²) >= 11 is 0. The van der Waals surface area contributed by atoms with Crippen LogP contribution in [0.15, 0.2) is 84.0 Å². The van der Waals surface area contributed by atoms with Crippen LogP contribution in [0.3, 0.4) is 0 Å². The van der Waals surface area contributed by atoms with Crippen molar-refractivity contribution in [2.24, 2.45) is 33.5 Å². The van der Waals surface area contributed by atoms with Gasteiger partial charge in [-0.25, -0.2) is 0 Å². The summed E-state index contributed by atoms with van der Waals surface area (Å²) in [6.45, 7) is 17.5.